The molecular formula is C28H33N3O3. The van der Waals surface area contributed by atoms with Crippen LogP contribution in [0.15, 0.2) is 48.5 Å². The number of carbonyl (C=O) groups is 1. The lowest BCUT2D eigenvalue weighted by atomic mass is 9.91. The summed E-state index contributed by atoms with van der Waals surface area (Å²) >= 11 is 0. The van der Waals surface area contributed by atoms with Crippen LogP contribution in [0.5, 0.6) is 11.5 Å². The first kappa shape index (κ1) is 22.5. The summed E-state index contributed by atoms with van der Waals surface area (Å²) in [5.74, 6) is 1.48. The van der Waals surface area contributed by atoms with Gasteiger partial charge >= 0.3 is 0 Å². The number of unbranched alkanes of at least 4 members (excludes halogenated alkanes) is 1. The molecule has 2 aliphatic rings. The minimum Gasteiger partial charge on any atom is -0.493 e. The van der Waals surface area contributed by atoms with Gasteiger partial charge in [-0.05, 0) is 37.0 Å². The summed E-state index contributed by atoms with van der Waals surface area (Å²) in [5, 5.41) is 7.68. The van der Waals surface area contributed by atoms with Crippen molar-refractivity contribution in [3.8, 4) is 22.8 Å². The third kappa shape index (κ3) is 4.06. The molecular weight excluding hydrogens is 426 g/mol. The molecule has 1 unspecified atom stereocenters. The molecule has 2 aromatic carbocycles. The van der Waals surface area contributed by atoms with Gasteiger partial charge in [0.05, 0.1) is 25.5 Å². The fourth-order valence-electron chi connectivity index (χ4n) is 5.34. The number of carbonyl (C=O) groups excluding carboxylic acids is 1. The molecule has 0 bridgehead atoms. The van der Waals surface area contributed by atoms with Gasteiger partial charge in [-0.15, -0.1) is 0 Å². The van der Waals surface area contributed by atoms with Crippen LogP contribution < -0.4 is 9.47 Å². The third-order valence-corrected chi connectivity index (χ3v) is 7.08. The first-order chi connectivity index (χ1) is 16.7. The van der Waals surface area contributed by atoms with E-state index in [4.69, 9.17) is 9.47 Å². The molecule has 1 aliphatic carbocycles. The van der Waals surface area contributed by atoms with Gasteiger partial charge in [0.15, 0.2) is 11.5 Å². The van der Waals surface area contributed by atoms with Gasteiger partial charge in [0.2, 0.25) is 0 Å². The summed E-state index contributed by atoms with van der Waals surface area (Å²) in [6.45, 7) is 2.81. The molecule has 6 heteroatoms. The van der Waals surface area contributed by atoms with Crippen LogP contribution in [0.4, 0.5) is 0 Å². The van der Waals surface area contributed by atoms with Crippen LogP contribution in [0.3, 0.4) is 0 Å². The van der Waals surface area contributed by atoms with Crippen molar-refractivity contribution in [2.45, 2.75) is 64.0 Å². The number of hydrogen-bond donors (Lipinski definition) is 1. The van der Waals surface area contributed by atoms with E-state index in [1.54, 1.807) is 7.11 Å². The van der Waals surface area contributed by atoms with E-state index in [9.17, 15) is 4.79 Å². The quantitative estimate of drug-likeness (QED) is 0.411. The van der Waals surface area contributed by atoms with Crippen LogP contribution in [0.1, 0.15) is 79.5 Å². The van der Waals surface area contributed by atoms with Crippen LogP contribution in [0, 0.1) is 0 Å². The first-order valence-electron chi connectivity index (χ1n) is 12.5. The van der Waals surface area contributed by atoms with Crippen LogP contribution in [0.2, 0.25) is 0 Å². The number of rotatable bonds is 8. The van der Waals surface area contributed by atoms with Gasteiger partial charge < -0.3 is 14.4 Å². The maximum absolute atomic E-state index is 13.7. The number of amides is 1. The van der Waals surface area contributed by atoms with E-state index >= 15 is 0 Å². The topological polar surface area (TPSA) is 67.5 Å². The first-order valence-corrected chi connectivity index (χ1v) is 12.5. The molecule has 1 atom stereocenters. The highest BCUT2D eigenvalue weighted by atomic mass is 16.5. The zero-order valence-electron chi connectivity index (χ0n) is 20.0. The van der Waals surface area contributed by atoms with Gasteiger partial charge in [0, 0.05) is 17.2 Å². The highest BCUT2D eigenvalue weighted by molar-refractivity contribution is 6.00. The Balaban J connectivity index is 1.59. The van der Waals surface area contributed by atoms with E-state index in [0.29, 0.717) is 18.1 Å². The molecule has 1 N–H and O–H groups in total. The second-order valence-corrected chi connectivity index (χ2v) is 9.25. The number of methoxy groups -OCH3 is 1. The number of benzene rings is 2. The zero-order valence-corrected chi connectivity index (χ0v) is 20.0. The summed E-state index contributed by atoms with van der Waals surface area (Å²) in [5.41, 5.74) is 4.44. The van der Waals surface area contributed by atoms with Crippen molar-refractivity contribution in [2.24, 2.45) is 0 Å². The highest BCUT2D eigenvalue weighted by Crippen LogP contribution is 2.47. The van der Waals surface area contributed by atoms with Crippen LogP contribution in [-0.4, -0.2) is 40.8 Å². The average Bonchev–Trinajstić information content (AvgIpc) is 3.44. The number of H-pyrrole nitrogens is 1. The predicted molar refractivity (Wildman–Crippen MR) is 132 cm³/mol. The fourth-order valence-corrected chi connectivity index (χ4v) is 5.34. The van der Waals surface area contributed by atoms with E-state index in [0.717, 1.165) is 66.7 Å². The summed E-state index contributed by atoms with van der Waals surface area (Å²) in [6.07, 6.45) is 7.70. The Morgan fingerprint density at radius 2 is 1.85 bits per heavy atom. The second-order valence-electron chi connectivity index (χ2n) is 9.25. The predicted octanol–water partition coefficient (Wildman–Crippen LogP) is 6.14. The van der Waals surface area contributed by atoms with E-state index in [1.807, 2.05) is 42.5 Å². The Labute approximate surface area is 201 Å². The molecule has 3 aromatic rings. The smallest absolute Gasteiger partial charge is 0.273 e. The Hall–Kier alpha value is -3.28. The van der Waals surface area contributed by atoms with Crippen molar-refractivity contribution in [2.75, 3.05) is 13.7 Å². The largest absolute Gasteiger partial charge is 0.493 e. The lowest BCUT2D eigenvalue weighted by molar-refractivity contribution is 0.0606. The molecule has 0 radical (unpaired) electrons. The maximum Gasteiger partial charge on any atom is 0.273 e. The van der Waals surface area contributed by atoms with Gasteiger partial charge in [-0.1, -0.05) is 69.0 Å². The van der Waals surface area contributed by atoms with Crippen molar-refractivity contribution in [3.05, 3.63) is 65.4 Å². The van der Waals surface area contributed by atoms with Crippen molar-refractivity contribution < 1.29 is 14.3 Å². The van der Waals surface area contributed by atoms with Crippen LogP contribution in [0.25, 0.3) is 11.3 Å². The Bertz CT molecular complexity index is 1140. The molecule has 2 heterocycles. The zero-order chi connectivity index (χ0) is 23.5. The van der Waals surface area contributed by atoms with Crippen molar-refractivity contribution in [1.82, 2.24) is 15.1 Å². The molecule has 1 saturated carbocycles. The van der Waals surface area contributed by atoms with Crippen molar-refractivity contribution in [3.63, 3.8) is 0 Å². The number of nitrogens with zero attached hydrogens (tertiary/aromatic N) is 2. The lowest BCUT2D eigenvalue weighted by Gasteiger charge is -2.36. The minimum absolute atomic E-state index is 0.0452. The molecule has 1 fully saturated rings. The van der Waals surface area contributed by atoms with Gasteiger partial charge in [0.1, 0.15) is 5.69 Å². The second kappa shape index (κ2) is 9.92. The average molecular weight is 460 g/mol. The van der Waals surface area contributed by atoms with E-state index in [2.05, 4.69) is 28.1 Å². The minimum atomic E-state index is -0.210. The van der Waals surface area contributed by atoms with Gasteiger partial charge in [-0.25, -0.2) is 0 Å². The number of hydrogen-bond acceptors (Lipinski definition) is 4. The number of aromatic amines is 1. The Morgan fingerprint density at radius 1 is 1.06 bits per heavy atom. The van der Waals surface area contributed by atoms with Crippen molar-refractivity contribution in [1.29, 1.82) is 0 Å². The van der Waals surface area contributed by atoms with E-state index in [1.165, 1.54) is 6.42 Å². The molecule has 34 heavy (non-hydrogen) atoms. The van der Waals surface area contributed by atoms with E-state index < -0.39 is 0 Å². The van der Waals surface area contributed by atoms with Crippen LogP contribution in [-0.2, 0) is 0 Å². The lowest BCUT2D eigenvalue weighted by Crippen LogP contribution is -2.40. The molecule has 1 amide bonds. The molecule has 5 rings (SSSR count). The van der Waals surface area contributed by atoms with Gasteiger partial charge in [0.25, 0.3) is 5.91 Å². The molecule has 1 aliphatic heterocycles. The third-order valence-electron chi connectivity index (χ3n) is 7.08. The molecule has 0 saturated heterocycles. The standard InChI is InChI=1S/C28H33N3O3/c1-3-4-17-34-22-16-15-20(18-23(22)33-2)27-24-25(19-11-7-5-8-12-19)29-30-26(24)28(32)31(27)21-13-9-6-10-14-21/h5,7-8,11-12,15-16,18,21,27H,3-4,6,9-10,13-14,17H2,1-2H3,(H,29,30). The summed E-state index contributed by atoms with van der Waals surface area (Å²) in [4.78, 5) is 15.8. The number of aromatic nitrogens is 2. The summed E-state index contributed by atoms with van der Waals surface area (Å²) in [7, 11) is 1.67. The summed E-state index contributed by atoms with van der Waals surface area (Å²) in [6, 6.07) is 16.2. The molecule has 178 valence electrons. The van der Waals surface area contributed by atoms with Gasteiger partial charge in [-0.2, -0.15) is 5.10 Å². The SMILES string of the molecule is CCCCOc1ccc(C2c3c(-c4ccccc4)n[nH]c3C(=O)N2C2CCCCC2)cc1OC. The number of ether oxygens (including phenoxy) is 2. The van der Waals surface area contributed by atoms with Gasteiger partial charge in [-0.3, -0.25) is 9.89 Å². The normalized spacial score (nSPS) is 18.2. The molecule has 0 spiro atoms. The molecule has 6 nitrogen and oxygen atoms in total. The number of fused-ring (bicyclic) bond motifs is 1. The maximum atomic E-state index is 13.7. The Morgan fingerprint density at radius 3 is 2.59 bits per heavy atom. The monoisotopic (exact) mass is 459 g/mol. The highest BCUT2D eigenvalue weighted by Gasteiger charge is 2.45. The molecule has 1 aromatic heterocycles. The van der Waals surface area contributed by atoms with Crippen LogP contribution >= 0.6 is 0 Å². The summed E-state index contributed by atoms with van der Waals surface area (Å²) < 4.78 is 11.7. The fraction of sp³-hybridized carbons (Fsp3) is 0.429. The number of nitrogens with one attached hydrogen (secondary N) is 1. The van der Waals surface area contributed by atoms with E-state index in [-0.39, 0.29) is 18.0 Å². The Kier molecular flexibility index (Phi) is 6.57. The van der Waals surface area contributed by atoms with Crippen molar-refractivity contribution >= 4 is 5.91 Å².